The summed E-state index contributed by atoms with van der Waals surface area (Å²) in [4.78, 5) is 40.9. The first-order chi connectivity index (χ1) is 17.9. The zero-order valence-electron chi connectivity index (χ0n) is 20.3. The van der Waals surface area contributed by atoms with Crippen LogP contribution in [0.25, 0.3) is 6.08 Å². The van der Waals surface area contributed by atoms with Gasteiger partial charge in [-0.1, -0.05) is 17.7 Å². The van der Waals surface area contributed by atoms with Gasteiger partial charge in [-0.2, -0.15) is 0 Å². The molecule has 2 saturated heterocycles. The van der Waals surface area contributed by atoms with Crippen LogP contribution in [-0.4, -0.2) is 79.5 Å². The number of carbonyl (C=O) groups excluding carboxylic acids is 3. The molecule has 2 aromatic carbocycles. The van der Waals surface area contributed by atoms with E-state index in [4.69, 9.17) is 30.5 Å². The predicted octanol–water partition coefficient (Wildman–Crippen LogP) is 4.09. The van der Waals surface area contributed by atoms with Crippen LogP contribution in [0.3, 0.4) is 0 Å². The Hall–Kier alpha value is -3.21. The highest BCUT2D eigenvalue weighted by Crippen LogP contribution is 2.34. The van der Waals surface area contributed by atoms with Crippen molar-refractivity contribution in [1.82, 2.24) is 9.80 Å². The van der Waals surface area contributed by atoms with Crippen LogP contribution in [0, 0.1) is 0 Å². The van der Waals surface area contributed by atoms with Crippen molar-refractivity contribution in [3.8, 4) is 17.2 Å². The number of carbonyl (C=O) groups is 3. The van der Waals surface area contributed by atoms with E-state index >= 15 is 0 Å². The molecule has 0 atom stereocenters. The van der Waals surface area contributed by atoms with Crippen molar-refractivity contribution < 1.29 is 33.3 Å². The van der Waals surface area contributed by atoms with Crippen molar-refractivity contribution in [1.29, 1.82) is 0 Å². The quantitative estimate of drug-likeness (QED) is 0.411. The summed E-state index contributed by atoms with van der Waals surface area (Å²) in [6.45, 7) is 4.53. The Morgan fingerprint density at radius 2 is 1.81 bits per heavy atom. The van der Waals surface area contributed by atoms with Gasteiger partial charge >= 0.3 is 0 Å². The second kappa shape index (κ2) is 12.8. The fourth-order valence-electron chi connectivity index (χ4n) is 3.68. The number of imide groups is 1. The van der Waals surface area contributed by atoms with E-state index in [9.17, 15) is 14.4 Å². The number of amides is 3. The van der Waals surface area contributed by atoms with E-state index in [1.165, 1.54) is 0 Å². The van der Waals surface area contributed by atoms with Crippen molar-refractivity contribution in [3.05, 3.63) is 58.0 Å². The van der Waals surface area contributed by atoms with Gasteiger partial charge in [0.1, 0.15) is 12.4 Å². The lowest BCUT2D eigenvalue weighted by atomic mass is 10.2. The molecule has 4 rings (SSSR count). The molecule has 11 heteroatoms. The molecule has 2 heterocycles. The van der Waals surface area contributed by atoms with Gasteiger partial charge in [-0.25, -0.2) is 0 Å². The maximum Gasteiger partial charge on any atom is 0.293 e. The molecule has 9 nitrogen and oxygen atoms in total. The normalized spacial score (nSPS) is 16.9. The smallest absolute Gasteiger partial charge is 0.293 e. The lowest BCUT2D eigenvalue weighted by Crippen LogP contribution is -2.43. The molecule has 0 unspecified atom stereocenters. The van der Waals surface area contributed by atoms with E-state index in [0.29, 0.717) is 65.6 Å². The molecule has 0 N–H and O–H groups in total. The Morgan fingerprint density at radius 3 is 2.54 bits per heavy atom. The molecule has 0 saturated carbocycles. The Bertz CT molecular complexity index is 1170. The summed E-state index contributed by atoms with van der Waals surface area (Å²) < 4.78 is 22.3. The molecule has 0 radical (unpaired) electrons. The summed E-state index contributed by atoms with van der Waals surface area (Å²) >= 11 is 6.74. The summed E-state index contributed by atoms with van der Waals surface area (Å²) in [5.74, 6) is 0.964. The van der Waals surface area contributed by atoms with Crippen molar-refractivity contribution in [2.75, 3.05) is 52.7 Å². The zero-order chi connectivity index (χ0) is 26.2. The number of hydrogen-bond acceptors (Lipinski definition) is 8. The van der Waals surface area contributed by atoms with Crippen LogP contribution in [-0.2, 0) is 14.3 Å². The van der Waals surface area contributed by atoms with Crippen LogP contribution >= 0.6 is 23.4 Å². The maximum atomic E-state index is 12.8. The average Bonchev–Trinajstić information content (AvgIpc) is 3.17. The van der Waals surface area contributed by atoms with E-state index in [0.717, 1.165) is 16.7 Å². The second-order valence-electron chi connectivity index (χ2n) is 8.06. The molecule has 3 amide bonds. The third-order valence-electron chi connectivity index (χ3n) is 5.55. The maximum absolute atomic E-state index is 12.8. The van der Waals surface area contributed by atoms with Gasteiger partial charge in [0.2, 0.25) is 0 Å². The molecular weight excluding hydrogens is 520 g/mol. The number of morpholine rings is 1. The highest BCUT2D eigenvalue weighted by atomic mass is 35.5. The number of nitrogens with zero attached hydrogens (tertiary/aromatic N) is 2. The van der Waals surface area contributed by atoms with Crippen molar-refractivity contribution in [2.24, 2.45) is 0 Å². The first kappa shape index (κ1) is 26.8. The summed E-state index contributed by atoms with van der Waals surface area (Å²) in [6.07, 6.45) is 1.64. The first-order valence-corrected chi connectivity index (χ1v) is 13.0. The third kappa shape index (κ3) is 7.18. The highest BCUT2D eigenvalue weighted by molar-refractivity contribution is 8.18. The molecule has 37 heavy (non-hydrogen) atoms. The Morgan fingerprint density at radius 1 is 1.05 bits per heavy atom. The van der Waals surface area contributed by atoms with Crippen LogP contribution in [0.15, 0.2) is 47.4 Å². The molecule has 2 fully saturated rings. The fraction of sp³-hybridized carbons (Fsp3) is 0.346. The van der Waals surface area contributed by atoms with E-state index < -0.39 is 0 Å². The Kier molecular flexibility index (Phi) is 9.32. The van der Waals surface area contributed by atoms with Crippen LogP contribution in [0.4, 0.5) is 4.79 Å². The predicted molar refractivity (Wildman–Crippen MR) is 140 cm³/mol. The average molecular weight is 547 g/mol. The Balaban J connectivity index is 1.37. The number of halogens is 1. The molecule has 196 valence electrons. The molecule has 0 aliphatic carbocycles. The SMILES string of the molecule is CCOc1cc(/C=C2\SC(=O)N(CCOc3ccc(Cl)cc3)C2=O)ccc1OCC(=O)N1CCOCC1. The van der Waals surface area contributed by atoms with Crippen LogP contribution in [0.5, 0.6) is 17.2 Å². The van der Waals surface area contributed by atoms with E-state index in [1.54, 1.807) is 53.4 Å². The zero-order valence-corrected chi connectivity index (χ0v) is 21.9. The topological polar surface area (TPSA) is 94.6 Å². The van der Waals surface area contributed by atoms with Gasteiger partial charge in [0.25, 0.3) is 17.1 Å². The van der Waals surface area contributed by atoms with Gasteiger partial charge in [-0.15, -0.1) is 0 Å². The largest absolute Gasteiger partial charge is 0.492 e. The molecule has 0 spiro atoms. The van der Waals surface area contributed by atoms with Crippen molar-refractivity contribution in [2.45, 2.75) is 6.92 Å². The van der Waals surface area contributed by atoms with Crippen molar-refractivity contribution in [3.63, 3.8) is 0 Å². The first-order valence-electron chi connectivity index (χ1n) is 11.8. The third-order valence-corrected chi connectivity index (χ3v) is 6.71. The van der Waals surface area contributed by atoms with Gasteiger partial charge in [0, 0.05) is 18.1 Å². The minimum absolute atomic E-state index is 0.115. The van der Waals surface area contributed by atoms with Gasteiger partial charge in [0.05, 0.1) is 31.3 Å². The summed E-state index contributed by atoms with van der Waals surface area (Å²) in [5.41, 5.74) is 0.665. The molecule has 0 aromatic heterocycles. The monoisotopic (exact) mass is 546 g/mol. The van der Waals surface area contributed by atoms with Crippen LogP contribution < -0.4 is 14.2 Å². The van der Waals surface area contributed by atoms with Gasteiger partial charge in [-0.3, -0.25) is 19.3 Å². The van der Waals surface area contributed by atoms with Gasteiger partial charge in [0.15, 0.2) is 18.1 Å². The fourth-order valence-corrected chi connectivity index (χ4v) is 4.67. The van der Waals surface area contributed by atoms with Gasteiger partial charge < -0.3 is 23.8 Å². The number of ether oxygens (including phenoxy) is 4. The summed E-state index contributed by atoms with van der Waals surface area (Å²) in [6, 6.07) is 12.0. The molecule has 2 aromatic rings. The van der Waals surface area contributed by atoms with Crippen molar-refractivity contribution >= 4 is 46.5 Å². The van der Waals surface area contributed by atoms with Gasteiger partial charge in [-0.05, 0) is 66.7 Å². The summed E-state index contributed by atoms with van der Waals surface area (Å²) in [7, 11) is 0. The van der Waals surface area contributed by atoms with Crippen LogP contribution in [0.1, 0.15) is 12.5 Å². The Labute approximate surface area is 224 Å². The van der Waals surface area contributed by atoms with E-state index in [-0.39, 0.29) is 36.8 Å². The molecular formula is C26H27ClN2O7S. The number of benzene rings is 2. The number of rotatable bonds is 10. The van der Waals surface area contributed by atoms with Crippen LogP contribution in [0.2, 0.25) is 5.02 Å². The number of thioether (sulfide) groups is 1. The standard InChI is InChI=1S/C26H27ClN2O7S/c1-2-34-22-15-18(3-8-21(22)36-17-24(30)28-9-12-33-13-10-28)16-23-25(31)29(26(32)37-23)11-14-35-20-6-4-19(27)5-7-20/h3-8,15-16H,2,9-14,17H2,1H3/b23-16-. The molecule has 0 bridgehead atoms. The lowest BCUT2D eigenvalue weighted by Gasteiger charge is -2.26. The minimum atomic E-state index is -0.385. The van der Waals surface area contributed by atoms with E-state index in [1.807, 2.05) is 6.92 Å². The molecule has 2 aliphatic heterocycles. The molecule has 2 aliphatic rings. The second-order valence-corrected chi connectivity index (χ2v) is 9.49. The van der Waals surface area contributed by atoms with E-state index in [2.05, 4.69) is 0 Å². The highest BCUT2D eigenvalue weighted by Gasteiger charge is 2.34. The lowest BCUT2D eigenvalue weighted by molar-refractivity contribution is -0.137. The minimum Gasteiger partial charge on any atom is -0.492 e. The summed E-state index contributed by atoms with van der Waals surface area (Å²) in [5, 5.41) is 0.236. The number of hydrogen-bond donors (Lipinski definition) is 0.